The van der Waals surface area contributed by atoms with Gasteiger partial charge in [0.2, 0.25) is 0 Å². The summed E-state index contributed by atoms with van der Waals surface area (Å²) in [5, 5.41) is 0. The van der Waals surface area contributed by atoms with Crippen molar-refractivity contribution in [3.63, 3.8) is 0 Å². The molecule has 0 spiro atoms. The SMILES string of the molecule is CCCc1cc(CCC)c(CCc2cc(CCC)c(CCC)cc2CCC)cc1CCC. The van der Waals surface area contributed by atoms with Crippen molar-refractivity contribution in [2.75, 3.05) is 0 Å². The van der Waals surface area contributed by atoms with Crippen molar-refractivity contribution in [2.45, 2.75) is 131 Å². The van der Waals surface area contributed by atoms with E-state index in [1.165, 1.54) is 89.9 Å². The molecule has 0 aliphatic rings. The van der Waals surface area contributed by atoms with E-state index in [4.69, 9.17) is 0 Å². The normalized spacial score (nSPS) is 11.3. The second kappa shape index (κ2) is 14.6. The third-order valence-corrected chi connectivity index (χ3v) is 6.82. The van der Waals surface area contributed by atoms with Crippen LogP contribution in [0.4, 0.5) is 0 Å². The van der Waals surface area contributed by atoms with E-state index < -0.39 is 0 Å². The number of hydrogen-bond donors (Lipinski definition) is 0. The second-order valence-electron chi connectivity index (χ2n) is 9.78. The van der Waals surface area contributed by atoms with Gasteiger partial charge in [-0.1, -0.05) is 104 Å². The molecule has 0 aliphatic carbocycles. The van der Waals surface area contributed by atoms with E-state index in [9.17, 15) is 0 Å². The Morgan fingerprint density at radius 2 is 0.438 bits per heavy atom. The summed E-state index contributed by atoms with van der Waals surface area (Å²) in [5.74, 6) is 0. The van der Waals surface area contributed by atoms with Crippen LogP contribution in [0.2, 0.25) is 0 Å². The van der Waals surface area contributed by atoms with E-state index in [0.29, 0.717) is 0 Å². The Morgan fingerprint density at radius 1 is 0.281 bits per heavy atom. The van der Waals surface area contributed by atoms with Crippen molar-refractivity contribution in [3.8, 4) is 0 Å². The van der Waals surface area contributed by atoms with Gasteiger partial charge in [0.1, 0.15) is 0 Å². The molecule has 0 saturated heterocycles. The maximum atomic E-state index is 2.59. The average molecular weight is 435 g/mol. The van der Waals surface area contributed by atoms with Crippen LogP contribution in [0, 0.1) is 0 Å². The van der Waals surface area contributed by atoms with E-state index in [1.54, 1.807) is 44.5 Å². The summed E-state index contributed by atoms with van der Waals surface area (Å²) in [6, 6.07) is 10.3. The largest absolute Gasteiger partial charge is 0.0651 e. The van der Waals surface area contributed by atoms with E-state index in [0.717, 1.165) is 0 Å². The lowest BCUT2D eigenvalue weighted by molar-refractivity contribution is 0.813. The van der Waals surface area contributed by atoms with Crippen molar-refractivity contribution in [1.82, 2.24) is 0 Å². The molecule has 0 heteroatoms. The first kappa shape index (κ1) is 26.7. The average Bonchev–Trinajstić information content (AvgIpc) is 2.77. The molecule has 0 aromatic heterocycles. The molecule has 0 aliphatic heterocycles. The van der Waals surface area contributed by atoms with Gasteiger partial charge in [-0.3, -0.25) is 0 Å². The number of benzene rings is 2. The molecule has 2 rings (SSSR count). The molecule has 0 fully saturated rings. The molecule has 0 saturated carbocycles. The molecule has 32 heavy (non-hydrogen) atoms. The Morgan fingerprint density at radius 3 is 0.594 bits per heavy atom. The first-order valence-electron chi connectivity index (χ1n) is 13.9. The van der Waals surface area contributed by atoms with Gasteiger partial charge in [-0.05, 0) is 95.9 Å². The molecule has 0 N–H and O–H groups in total. The van der Waals surface area contributed by atoms with Crippen molar-refractivity contribution >= 4 is 0 Å². The van der Waals surface area contributed by atoms with E-state index >= 15 is 0 Å². The Hall–Kier alpha value is -1.56. The maximum absolute atomic E-state index is 2.59. The minimum absolute atomic E-state index is 1.19. The van der Waals surface area contributed by atoms with Gasteiger partial charge in [0.05, 0.1) is 0 Å². The van der Waals surface area contributed by atoms with Gasteiger partial charge < -0.3 is 0 Å². The molecular formula is C32H50. The first-order chi connectivity index (χ1) is 15.6. The highest BCUT2D eigenvalue weighted by Gasteiger charge is 2.13. The fourth-order valence-electron chi connectivity index (χ4n) is 5.33. The van der Waals surface area contributed by atoms with Crippen LogP contribution in [-0.4, -0.2) is 0 Å². The van der Waals surface area contributed by atoms with Crippen LogP contribution in [0.3, 0.4) is 0 Å². The van der Waals surface area contributed by atoms with E-state index in [-0.39, 0.29) is 0 Å². The predicted molar refractivity (Wildman–Crippen MR) is 144 cm³/mol. The second-order valence-corrected chi connectivity index (χ2v) is 9.78. The van der Waals surface area contributed by atoms with Crippen LogP contribution in [0.5, 0.6) is 0 Å². The zero-order valence-corrected chi connectivity index (χ0v) is 22.2. The van der Waals surface area contributed by atoms with Gasteiger partial charge >= 0.3 is 0 Å². The van der Waals surface area contributed by atoms with Crippen LogP contribution in [0.25, 0.3) is 0 Å². The molecule has 0 amide bonds. The van der Waals surface area contributed by atoms with Crippen LogP contribution in [0.15, 0.2) is 24.3 Å². The third-order valence-electron chi connectivity index (χ3n) is 6.82. The van der Waals surface area contributed by atoms with Crippen LogP contribution in [0.1, 0.15) is 125 Å². The van der Waals surface area contributed by atoms with Crippen molar-refractivity contribution in [1.29, 1.82) is 0 Å². The van der Waals surface area contributed by atoms with E-state index in [1.807, 2.05) is 0 Å². The van der Waals surface area contributed by atoms with Gasteiger partial charge in [0, 0.05) is 0 Å². The zero-order chi connectivity index (χ0) is 23.3. The van der Waals surface area contributed by atoms with Gasteiger partial charge in [-0.25, -0.2) is 0 Å². The molecule has 0 atom stereocenters. The molecule has 0 unspecified atom stereocenters. The predicted octanol–water partition coefficient (Wildman–Crippen LogP) is 9.19. The third kappa shape index (κ3) is 7.50. The summed E-state index contributed by atoms with van der Waals surface area (Å²) in [5.41, 5.74) is 12.9. The quantitative estimate of drug-likeness (QED) is 0.262. The number of aryl methyl sites for hydroxylation is 8. The maximum Gasteiger partial charge on any atom is -0.0235 e. The fourth-order valence-corrected chi connectivity index (χ4v) is 5.33. The van der Waals surface area contributed by atoms with Crippen molar-refractivity contribution in [3.05, 3.63) is 68.8 Å². The van der Waals surface area contributed by atoms with Gasteiger partial charge in [-0.2, -0.15) is 0 Å². The van der Waals surface area contributed by atoms with Crippen LogP contribution >= 0.6 is 0 Å². The molecule has 178 valence electrons. The van der Waals surface area contributed by atoms with E-state index in [2.05, 4.69) is 65.8 Å². The van der Waals surface area contributed by atoms with Crippen molar-refractivity contribution in [2.24, 2.45) is 0 Å². The molecular weight excluding hydrogens is 384 g/mol. The molecule has 2 aromatic rings. The van der Waals surface area contributed by atoms with Crippen LogP contribution in [-0.2, 0) is 51.4 Å². The minimum atomic E-state index is 1.19. The summed E-state index contributed by atoms with van der Waals surface area (Å²) in [6.45, 7) is 13.9. The topological polar surface area (TPSA) is 0 Å². The Labute approximate surface area is 200 Å². The van der Waals surface area contributed by atoms with Crippen molar-refractivity contribution < 1.29 is 0 Å². The summed E-state index contributed by atoms with van der Waals surface area (Å²) >= 11 is 0. The lowest BCUT2D eigenvalue weighted by atomic mass is 9.86. The highest BCUT2D eigenvalue weighted by molar-refractivity contribution is 5.42. The summed E-state index contributed by atoms with van der Waals surface area (Å²) in [7, 11) is 0. The molecule has 0 bridgehead atoms. The van der Waals surface area contributed by atoms with Gasteiger partial charge in [0.15, 0.2) is 0 Å². The Bertz CT molecular complexity index is 742. The molecule has 2 aromatic carbocycles. The lowest BCUT2D eigenvalue weighted by Gasteiger charge is -2.19. The number of rotatable bonds is 15. The van der Waals surface area contributed by atoms with Gasteiger partial charge in [-0.15, -0.1) is 0 Å². The first-order valence-corrected chi connectivity index (χ1v) is 13.9. The van der Waals surface area contributed by atoms with Crippen LogP contribution < -0.4 is 0 Å². The Balaban J connectivity index is 2.40. The Kier molecular flexibility index (Phi) is 12.1. The molecule has 0 heterocycles. The monoisotopic (exact) mass is 434 g/mol. The fraction of sp³-hybridized carbons (Fsp3) is 0.625. The zero-order valence-electron chi connectivity index (χ0n) is 22.2. The molecule has 0 nitrogen and oxygen atoms in total. The molecule has 0 radical (unpaired) electrons. The number of hydrogen-bond acceptors (Lipinski definition) is 0. The smallest absolute Gasteiger partial charge is 0.0235 e. The summed E-state index contributed by atoms with van der Waals surface area (Å²) in [6.07, 6.45) is 17.2. The summed E-state index contributed by atoms with van der Waals surface area (Å²) in [4.78, 5) is 0. The standard InChI is InChI=1S/C32H50/c1-7-13-25-21-29(17-11-5)31(23-27(25)15-9-3)19-20-32-24-28(16-10-4)26(14-8-2)22-30(32)18-12-6/h21-24H,7-20H2,1-6H3. The minimum Gasteiger partial charge on any atom is -0.0651 e. The highest BCUT2D eigenvalue weighted by atomic mass is 14.2. The highest BCUT2D eigenvalue weighted by Crippen LogP contribution is 2.26. The van der Waals surface area contributed by atoms with Gasteiger partial charge in [0.25, 0.3) is 0 Å². The summed E-state index contributed by atoms with van der Waals surface area (Å²) < 4.78 is 0. The lowest BCUT2D eigenvalue weighted by Crippen LogP contribution is -2.06.